The van der Waals surface area contributed by atoms with Gasteiger partial charge in [-0.3, -0.25) is 14.5 Å². The Hall–Kier alpha value is -3.49. The molecule has 1 aliphatic carbocycles. The second-order valence-electron chi connectivity index (χ2n) is 8.62. The number of anilines is 3. The zero-order valence-electron chi connectivity index (χ0n) is 18.7. The Bertz CT molecular complexity index is 1140. The number of aryl methyl sites for hydroxylation is 1. The lowest BCUT2D eigenvalue weighted by atomic mass is 10.1. The van der Waals surface area contributed by atoms with E-state index in [1.54, 1.807) is 0 Å². The van der Waals surface area contributed by atoms with Gasteiger partial charge in [0.05, 0.1) is 18.4 Å². The van der Waals surface area contributed by atoms with Crippen LogP contribution in [-0.4, -0.2) is 43.7 Å². The van der Waals surface area contributed by atoms with Crippen LogP contribution in [0.3, 0.4) is 0 Å². The zero-order valence-corrected chi connectivity index (χ0v) is 18.7. The molecule has 166 valence electrons. The third-order valence-electron chi connectivity index (χ3n) is 6.14. The lowest BCUT2D eigenvalue weighted by Crippen LogP contribution is -2.46. The van der Waals surface area contributed by atoms with Crippen LogP contribution in [0.5, 0.6) is 0 Å². The maximum atomic E-state index is 12.3. The molecule has 1 fully saturated rings. The molecule has 0 spiro atoms. The van der Waals surface area contributed by atoms with Crippen molar-refractivity contribution in [1.29, 1.82) is 0 Å². The van der Waals surface area contributed by atoms with E-state index in [4.69, 9.17) is 0 Å². The summed E-state index contributed by atoms with van der Waals surface area (Å²) < 4.78 is 1.92. The first-order valence-electron chi connectivity index (χ1n) is 11.1. The van der Waals surface area contributed by atoms with Gasteiger partial charge in [0.15, 0.2) is 5.82 Å². The Labute approximate surface area is 187 Å². The first kappa shape index (κ1) is 20.4. The molecule has 9 nitrogen and oxygen atoms in total. The highest BCUT2D eigenvalue weighted by atomic mass is 16.2. The van der Waals surface area contributed by atoms with E-state index in [2.05, 4.69) is 42.8 Å². The minimum Gasteiger partial charge on any atom is -0.350 e. The summed E-state index contributed by atoms with van der Waals surface area (Å²) in [6.07, 6.45) is 9.07. The second-order valence-corrected chi connectivity index (χ2v) is 8.62. The molecule has 0 radical (unpaired) electrons. The van der Waals surface area contributed by atoms with Gasteiger partial charge >= 0.3 is 0 Å². The van der Waals surface area contributed by atoms with Crippen LogP contribution in [0.15, 0.2) is 30.7 Å². The molecule has 4 heterocycles. The van der Waals surface area contributed by atoms with Crippen molar-refractivity contribution >= 4 is 23.4 Å². The zero-order chi connectivity index (χ0) is 22.2. The fourth-order valence-corrected chi connectivity index (χ4v) is 4.13. The monoisotopic (exact) mass is 432 g/mol. The number of fused-ring (bicyclic) bond motifs is 1. The van der Waals surface area contributed by atoms with Crippen molar-refractivity contribution in [3.8, 4) is 0 Å². The summed E-state index contributed by atoms with van der Waals surface area (Å²) in [6.45, 7) is 5.13. The van der Waals surface area contributed by atoms with Crippen molar-refractivity contribution in [1.82, 2.24) is 24.7 Å². The standard InChI is InChI=1S/C23H28N8O/c1-4-19-22(32)28-20-14(2)27-23(29-21(20)30(19)3)25-10-16-11-26-31(13-16)12-15-5-8-18(24-9-15)17-6-7-17/h5,8-9,11,13,17,19H,4,6-7,10,12H2,1-3H3,(H,28,32)(H,25,27,29)/t19-/m0/s1. The summed E-state index contributed by atoms with van der Waals surface area (Å²) in [5.74, 6) is 1.93. The van der Waals surface area contributed by atoms with E-state index in [1.165, 1.54) is 18.5 Å². The van der Waals surface area contributed by atoms with E-state index in [1.807, 2.05) is 49.1 Å². The molecule has 0 saturated heterocycles. The van der Waals surface area contributed by atoms with Crippen LogP contribution in [0.1, 0.15) is 54.6 Å². The molecular formula is C23H28N8O. The Morgan fingerprint density at radius 1 is 1.19 bits per heavy atom. The number of hydrogen-bond acceptors (Lipinski definition) is 7. The van der Waals surface area contributed by atoms with Gasteiger partial charge in [-0.15, -0.1) is 0 Å². The van der Waals surface area contributed by atoms with E-state index in [-0.39, 0.29) is 11.9 Å². The van der Waals surface area contributed by atoms with Crippen LogP contribution < -0.4 is 15.5 Å². The van der Waals surface area contributed by atoms with Crippen LogP contribution in [0.25, 0.3) is 0 Å². The molecular weight excluding hydrogens is 404 g/mol. The third kappa shape index (κ3) is 4.02. The van der Waals surface area contributed by atoms with E-state index < -0.39 is 0 Å². The molecule has 1 saturated carbocycles. The Balaban J connectivity index is 1.24. The summed E-state index contributed by atoms with van der Waals surface area (Å²) in [6, 6.07) is 4.05. The van der Waals surface area contributed by atoms with Gasteiger partial charge < -0.3 is 15.5 Å². The molecule has 1 atom stereocenters. The maximum Gasteiger partial charge on any atom is 0.247 e. The van der Waals surface area contributed by atoms with Crippen LogP contribution in [0.4, 0.5) is 17.5 Å². The van der Waals surface area contributed by atoms with Gasteiger partial charge in [0.2, 0.25) is 11.9 Å². The van der Waals surface area contributed by atoms with Crippen LogP contribution in [0.2, 0.25) is 0 Å². The van der Waals surface area contributed by atoms with Crippen molar-refractivity contribution < 1.29 is 4.79 Å². The van der Waals surface area contributed by atoms with E-state index >= 15 is 0 Å². The van der Waals surface area contributed by atoms with Crippen molar-refractivity contribution in [2.45, 2.75) is 58.2 Å². The van der Waals surface area contributed by atoms with Gasteiger partial charge in [0.25, 0.3) is 0 Å². The summed E-state index contributed by atoms with van der Waals surface area (Å²) in [5, 5.41) is 10.7. The molecule has 1 aliphatic heterocycles. The van der Waals surface area contributed by atoms with E-state index in [0.29, 0.717) is 37.1 Å². The van der Waals surface area contributed by atoms with Gasteiger partial charge in [-0.1, -0.05) is 13.0 Å². The molecule has 3 aromatic rings. The maximum absolute atomic E-state index is 12.3. The number of amides is 1. The van der Waals surface area contributed by atoms with Crippen LogP contribution in [-0.2, 0) is 17.9 Å². The van der Waals surface area contributed by atoms with Crippen molar-refractivity contribution in [2.24, 2.45) is 0 Å². The molecule has 32 heavy (non-hydrogen) atoms. The predicted octanol–water partition coefficient (Wildman–Crippen LogP) is 3.08. The molecule has 1 amide bonds. The van der Waals surface area contributed by atoms with E-state index in [9.17, 15) is 4.79 Å². The van der Waals surface area contributed by atoms with E-state index in [0.717, 1.165) is 22.6 Å². The summed E-state index contributed by atoms with van der Waals surface area (Å²) in [4.78, 5) is 28.0. The molecule has 3 aromatic heterocycles. The molecule has 0 bridgehead atoms. The van der Waals surface area contributed by atoms with Crippen molar-refractivity contribution in [3.05, 3.63) is 53.2 Å². The number of carbonyl (C=O) groups is 1. The average Bonchev–Trinajstić information content (AvgIpc) is 3.54. The minimum absolute atomic E-state index is 0.0142. The Morgan fingerprint density at radius 2 is 2.03 bits per heavy atom. The predicted molar refractivity (Wildman–Crippen MR) is 123 cm³/mol. The fraction of sp³-hybridized carbons (Fsp3) is 0.435. The SMILES string of the molecule is CC[C@H]1C(=O)Nc2c(C)nc(NCc3cnn(Cc4ccc(C5CC5)nc4)c3)nc2N1C. The number of nitrogens with one attached hydrogen (secondary N) is 2. The smallest absolute Gasteiger partial charge is 0.247 e. The lowest BCUT2D eigenvalue weighted by molar-refractivity contribution is -0.117. The largest absolute Gasteiger partial charge is 0.350 e. The van der Waals surface area contributed by atoms with Crippen LogP contribution in [0, 0.1) is 6.92 Å². The van der Waals surface area contributed by atoms with Gasteiger partial charge in [0, 0.05) is 43.2 Å². The van der Waals surface area contributed by atoms with Gasteiger partial charge in [-0.2, -0.15) is 10.1 Å². The van der Waals surface area contributed by atoms with Crippen LogP contribution >= 0.6 is 0 Å². The summed E-state index contributed by atoms with van der Waals surface area (Å²) in [5.41, 5.74) is 4.81. The molecule has 2 aliphatic rings. The number of aromatic nitrogens is 5. The quantitative estimate of drug-likeness (QED) is 0.592. The molecule has 2 N–H and O–H groups in total. The van der Waals surface area contributed by atoms with Gasteiger partial charge in [0.1, 0.15) is 11.7 Å². The number of likely N-dealkylation sites (N-methyl/N-ethyl adjacent to an activating group) is 1. The summed E-state index contributed by atoms with van der Waals surface area (Å²) >= 11 is 0. The van der Waals surface area contributed by atoms with Crippen molar-refractivity contribution in [2.75, 3.05) is 22.6 Å². The normalized spacial score (nSPS) is 17.8. The number of pyridine rings is 1. The average molecular weight is 433 g/mol. The lowest BCUT2D eigenvalue weighted by Gasteiger charge is -2.34. The highest BCUT2D eigenvalue weighted by Crippen LogP contribution is 2.38. The highest BCUT2D eigenvalue weighted by molar-refractivity contribution is 6.03. The number of nitrogens with zero attached hydrogens (tertiary/aromatic N) is 6. The first-order valence-corrected chi connectivity index (χ1v) is 11.1. The van der Waals surface area contributed by atoms with Crippen molar-refractivity contribution in [3.63, 3.8) is 0 Å². The minimum atomic E-state index is -0.226. The molecule has 0 unspecified atom stereocenters. The summed E-state index contributed by atoms with van der Waals surface area (Å²) in [7, 11) is 1.90. The Morgan fingerprint density at radius 3 is 2.75 bits per heavy atom. The molecule has 9 heteroatoms. The van der Waals surface area contributed by atoms with Gasteiger partial charge in [-0.25, -0.2) is 4.98 Å². The molecule has 5 rings (SSSR count). The topological polar surface area (TPSA) is 101 Å². The fourth-order valence-electron chi connectivity index (χ4n) is 4.13. The van der Waals surface area contributed by atoms with Gasteiger partial charge in [-0.05, 0) is 37.8 Å². The third-order valence-corrected chi connectivity index (χ3v) is 6.14. The highest BCUT2D eigenvalue weighted by Gasteiger charge is 2.32. The second kappa shape index (κ2) is 8.22. The number of carbonyl (C=O) groups excluding carboxylic acids is 1. The Kier molecular flexibility index (Phi) is 5.24. The number of rotatable bonds is 7. The number of hydrogen-bond donors (Lipinski definition) is 2. The first-order chi connectivity index (χ1) is 15.5. The molecule has 0 aromatic carbocycles.